The molecule has 0 radical (unpaired) electrons. The van der Waals surface area contributed by atoms with E-state index in [2.05, 4.69) is 10.7 Å². The predicted octanol–water partition coefficient (Wildman–Crippen LogP) is 3.56. The molecule has 19 heavy (non-hydrogen) atoms. The third-order valence-corrected chi connectivity index (χ3v) is 3.60. The Morgan fingerprint density at radius 2 is 2.21 bits per heavy atom. The average Bonchev–Trinajstić information content (AvgIpc) is 2.84. The summed E-state index contributed by atoms with van der Waals surface area (Å²) in [4.78, 5) is 12.0. The first-order valence-electron chi connectivity index (χ1n) is 6.14. The Labute approximate surface area is 116 Å². The molecular formula is C15H16FNOS. The minimum absolute atomic E-state index is 0.0259. The van der Waals surface area contributed by atoms with Gasteiger partial charge >= 0.3 is 0 Å². The summed E-state index contributed by atoms with van der Waals surface area (Å²) in [7, 11) is 0. The van der Waals surface area contributed by atoms with Crippen molar-refractivity contribution in [2.75, 3.05) is 0 Å². The molecule has 1 atom stereocenters. The second kappa shape index (κ2) is 5.97. The van der Waals surface area contributed by atoms with Gasteiger partial charge in [0.2, 0.25) is 0 Å². The average molecular weight is 277 g/mol. The van der Waals surface area contributed by atoms with Crippen LogP contribution in [-0.4, -0.2) is 11.9 Å². The Morgan fingerprint density at radius 1 is 1.42 bits per heavy atom. The van der Waals surface area contributed by atoms with E-state index in [-0.39, 0.29) is 17.5 Å². The molecule has 2 aromatic rings. The van der Waals surface area contributed by atoms with Crippen LogP contribution in [0.4, 0.5) is 4.39 Å². The molecule has 1 heterocycles. The van der Waals surface area contributed by atoms with Gasteiger partial charge < -0.3 is 5.32 Å². The third kappa shape index (κ3) is 3.64. The van der Waals surface area contributed by atoms with Crippen molar-refractivity contribution in [3.63, 3.8) is 0 Å². The molecule has 1 aromatic heterocycles. The molecule has 2 nitrogen and oxygen atoms in total. The van der Waals surface area contributed by atoms with Crippen molar-refractivity contribution in [3.05, 3.63) is 57.5 Å². The Morgan fingerprint density at radius 3 is 2.89 bits per heavy atom. The maximum absolute atomic E-state index is 13.6. The Balaban J connectivity index is 2.02. The first-order valence-corrected chi connectivity index (χ1v) is 7.08. The summed E-state index contributed by atoms with van der Waals surface area (Å²) in [6.07, 6.45) is 0.753. The third-order valence-electron chi connectivity index (χ3n) is 2.87. The van der Waals surface area contributed by atoms with Crippen molar-refractivity contribution < 1.29 is 9.18 Å². The number of thiophene rings is 1. The first-order chi connectivity index (χ1) is 9.06. The van der Waals surface area contributed by atoms with E-state index in [0.717, 1.165) is 12.0 Å². The molecule has 0 spiro atoms. The van der Waals surface area contributed by atoms with E-state index in [4.69, 9.17) is 0 Å². The summed E-state index contributed by atoms with van der Waals surface area (Å²) in [5, 5.41) is 6.88. The van der Waals surface area contributed by atoms with E-state index >= 15 is 0 Å². The quantitative estimate of drug-likeness (QED) is 0.909. The van der Waals surface area contributed by atoms with Gasteiger partial charge in [-0.15, -0.1) is 0 Å². The fraction of sp³-hybridized carbons (Fsp3) is 0.267. The van der Waals surface area contributed by atoms with Crippen LogP contribution >= 0.6 is 11.3 Å². The van der Waals surface area contributed by atoms with Gasteiger partial charge in [0, 0.05) is 6.04 Å². The molecule has 2 rings (SSSR count). The highest BCUT2D eigenvalue weighted by Gasteiger charge is 2.14. The van der Waals surface area contributed by atoms with Crippen LogP contribution in [0.25, 0.3) is 0 Å². The first kappa shape index (κ1) is 13.7. The summed E-state index contributed by atoms with van der Waals surface area (Å²) in [6, 6.07) is 6.55. The van der Waals surface area contributed by atoms with Crippen LogP contribution in [0.15, 0.2) is 35.0 Å². The van der Waals surface area contributed by atoms with Crippen molar-refractivity contribution in [3.8, 4) is 0 Å². The SMILES string of the molecule is Cc1ccc(F)c(C(=O)NC(C)Cc2ccsc2)c1. The molecule has 0 saturated heterocycles. The lowest BCUT2D eigenvalue weighted by Gasteiger charge is -2.13. The minimum atomic E-state index is -0.481. The molecule has 4 heteroatoms. The number of carbonyl (C=O) groups excluding carboxylic acids is 1. The molecule has 100 valence electrons. The highest BCUT2D eigenvalue weighted by Crippen LogP contribution is 2.12. The second-order valence-corrected chi connectivity index (χ2v) is 5.47. The van der Waals surface area contributed by atoms with Crippen molar-refractivity contribution in [1.82, 2.24) is 5.32 Å². The minimum Gasteiger partial charge on any atom is -0.349 e. The van der Waals surface area contributed by atoms with Crippen LogP contribution in [0.5, 0.6) is 0 Å². The lowest BCUT2D eigenvalue weighted by Crippen LogP contribution is -2.34. The van der Waals surface area contributed by atoms with E-state index in [0.29, 0.717) is 0 Å². The molecule has 1 amide bonds. The summed E-state index contributed by atoms with van der Waals surface area (Å²) < 4.78 is 13.6. The zero-order valence-electron chi connectivity index (χ0n) is 10.9. The highest BCUT2D eigenvalue weighted by molar-refractivity contribution is 7.07. The van der Waals surface area contributed by atoms with E-state index in [1.165, 1.54) is 11.6 Å². The smallest absolute Gasteiger partial charge is 0.254 e. The number of nitrogens with one attached hydrogen (secondary N) is 1. The van der Waals surface area contributed by atoms with E-state index in [1.54, 1.807) is 23.5 Å². The monoisotopic (exact) mass is 277 g/mol. The van der Waals surface area contributed by atoms with Gasteiger partial charge in [0.05, 0.1) is 5.56 Å². The molecule has 1 unspecified atom stereocenters. The van der Waals surface area contributed by atoms with Crippen LogP contribution < -0.4 is 5.32 Å². The normalized spacial score (nSPS) is 12.2. The van der Waals surface area contributed by atoms with Gasteiger partial charge in [0.1, 0.15) is 5.82 Å². The topological polar surface area (TPSA) is 29.1 Å². The Kier molecular flexibility index (Phi) is 4.32. The molecule has 0 aliphatic carbocycles. The number of hydrogen-bond acceptors (Lipinski definition) is 2. The fourth-order valence-corrected chi connectivity index (χ4v) is 2.61. The van der Waals surface area contributed by atoms with Crippen LogP contribution in [0, 0.1) is 12.7 Å². The van der Waals surface area contributed by atoms with Crippen molar-refractivity contribution >= 4 is 17.2 Å². The maximum Gasteiger partial charge on any atom is 0.254 e. The number of halogens is 1. The van der Waals surface area contributed by atoms with Gasteiger partial charge in [0.15, 0.2) is 0 Å². The van der Waals surface area contributed by atoms with Gasteiger partial charge in [-0.1, -0.05) is 11.6 Å². The zero-order valence-corrected chi connectivity index (χ0v) is 11.8. The number of benzene rings is 1. The van der Waals surface area contributed by atoms with Crippen LogP contribution in [0.1, 0.15) is 28.4 Å². The van der Waals surface area contributed by atoms with Gasteiger partial charge in [-0.25, -0.2) is 4.39 Å². The standard InChI is InChI=1S/C15H16FNOS/c1-10-3-4-14(16)13(7-10)15(18)17-11(2)8-12-5-6-19-9-12/h3-7,9,11H,8H2,1-2H3,(H,17,18). The number of amides is 1. The molecule has 1 aromatic carbocycles. The molecule has 0 saturated carbocycles. The summed E-state index contributed by atoms with van der Waals surface area (Å²) in [6.45, 7) is 3.76. The Hall–Kier alpha value is -1.68. The van der Waals surface area contributed by atoms with Crippen LogP contribution in [-0.2, 0) is 6.42 Å². The Bertz CT molecular complexity index is 566. The number of carbonyl (C=O) groups is 1. The molecule has 0 aliphatic heterocycles. The largest absolute Gasteiger partial charge is 0.349 e. The second-order valence-electron chi connectivity index (χ2n) is 4.69. The lowest BCUT2D eigenvalue weighted by molar-refractivity contribution is 0.0936. The molecular weight excluding hydrogens is 261 g/mol. The van der Waals surface area contributed by atoms with Crippen LogP contribution in [0.2, 0.25) is 0 Å². The van der Waals surface area contributed by atoms with Gasteiger partial charge in [-0.3, -0.25) is 4.79 Å². The zero-order chi connectivity index (χ0) is 13.8. The van der Waals surface area contributed by atoms with Gasteiger partial charge in [-0.05, 0) is 54.8 Å². The van der Waals surface area contributed by atoms with Crippen molar-refractivity contribution in [1.29, 1.82) is 0 Å². The number of hydrogen-bond donors (Lipinski definition) is 1. The summed E-state index contributed by atoms with van der Waals surface area (Å²) in [5.41, 5.74) is 2.16. The number of aryl methyl sites for hydroxylation is 1. The summed E-state index contributed by atoms with van der Waals surface area (Å²) >= 11 is 1.63. The molecule has 1 N–H and O–H groups in total. The molecule has 0 fully saturated rings. The molecule has 0 aliphatic rings. The van der Waals surface area contributed by atoms with Gasteiger partial charge in [0.25, 0.3) is 5.91 Å². The van der Waals surface area contributed by atoms with E-state index in [9.17, 15) is 9.18 Å². The highest BCUT2D eigenvalue weighted by atomic mass is 32.1. The van der Waals surface area contributed by atoms with E-state index < -0.39 is 5.82 Å². The van der Waals surface area contributed by atoms with Gasteiger partial charge in [-0.2, -0.15) is 11.3 Å². The van der Waals surface area contributed by atoms with Crippen molar-refractivity contribution in [2.45, 2.75) is 26.3 Å². The molecule has 0 bridgehead atoms. The predicted molar refractivity (Wildman–Crippen MR) is 76.1 cm³/mol. The van der Waals surface area contributed by atoms with Crippen molar-refractivity contribution in [2.24, 2.45) is 0 Å². The fourth-order valence-electron chi connectivity index (χ4n) is 1.93. The lowest BCUT2D eigenvalue weighted by atomic mass is 10.1. The summed E-state index contributed by atoms with van der Waals surface area (Å²) in [5.74, 6) is -0.838. The maximum atomic E-state index is 13.6. The van der Waals surface area contributed by atoms with Crippen LogP contribution in [0.3, 0.4) is 0 Å². The van der Waals surface area contributed by atoms with E-state index in [1.807, 2.05) is 25.3 Å². The number of rotatable bonds is 4.